The van der Waals surface area contributed by atoms with Crippen molar-refractivity contribution in [2.75, 3.05) is 6.61 Å². The Labute approximate surface area is 147 Å². The Bertz CT molecular complexity index is 913. The standard InChI is InChI=1S/C17H11Cl2N3O2/c18-10-5-6-16(12(19)7-10)24-9-15(23)11(8-20)17-21-13-3-1-2-4-14(13)22-17/h1-7,11H,9H2,(H,21,22). The van der Waals surface area contributed by atoms with E-state index in [1.807, 2.05) is 24.3 Å². The SMILES string of the molecule is N#CC(C(=O)COc1ccc(Cl)cc1Cl)c1nc2ccccc2[nH]1. The van der Waals surface area contributed by atoms with Crippen LogP contribution >= 0.6 is 23.2 Å². The molecule has 1 heterocycles. The summed E-state index contributed by atoms with van der Waals surface area (Å²) in [6, 6.07) is 14.0. The second-order valence-corrected chi connectivity index (χ2v) is 5.87. The van der Waals surface area contributed by atoms with Gasteiger partial charge in [0.25, 0.3) is 0 Å². The molecule has 0 aliphatic rings. The molecule has 7 heteroatoms. The van der Waals surface area contributed by atoms with E-state index in [0.29, 0.717) is 27.1 Å². The number of carbonyl (C=O) groups is 1. The van der Waals surface area contributed by atoms with Gasteiger partial charge in [-0.1, -0.05) is 35.3 Å². The van der Waals surface area contributed by atoms with Crippen LogP contribution in [0.15, 0.2) is 42.5 Å². The number of nitrogens with one attached hydrogen (secondary N) is 1. The molecule has 24 heavy (non-hydrogen) atoms. The van der Waals surface area contributed by atoms with Gasteiger partial charge in [0.1, 0.15) is 18.2 Å². The van der Waals surface area contributed by atoms with Crippen molar-refractivity contribution >= 4 is 40.0 Å². The van der Waals surface area contributed by atoms with Gasteiger partial charge in [-0.3, -0.25) is 4.79 Å². The van der Waals surface area contributed by atoms with E-state index in [-0.39, 0.29) is 6.61 Å². The van der Waals surface area contributed by atoms with Gasteiger partial charge in [0.05, 0.1) is 22.1 Å². The monoisotopic (exact) mass is 359 g/mol. The number of carbonyl (C=O) groups excluding carboxylic acids is 1. The highest BCUT2D eigenvalue weighted by Crippen LogP contribution is 2.28. The molecule has 0 bridgehead atoms. The predicted molar refractivity (Wildman–Crippen MR) is 91.4 cm³/mol. The molecule has 1 aromatic heterocycles. The quantitative estimate of drug-likeness (QED) is 0.742. The lowest BCUT2D eigenvalue weighted by molar-refractivity contribution is -0.121. The van der Waals surface area contributed by atoms with E-state index in [9.17, 15) is 10.1 Å². The molecule has 1 atom stereocenters. The van der Waals surface area contributed by atoms with Crippen molar-refractivity contribution in [3.05, 3.63) is 58.3 Å². The number of Topliss-reactive ketones (excluding diaryl/α,β-unsaturated/α-hetero) is 1. The molecule has 120 valence electrons. The lowest BCUT2D eigenvalue weighted by atomic mass is 10.1. The van der Waals surface area contributed by atoms with Crippen LogP contribution in [-0.4, -0.2) is 22.4 Å². The Hall–Kier alpha value is -2.55. The van der Waals surface area contributed by atoms with Crippen molar-refractivity contribution in [1.82, 2.24) is 9.97 Å². The Morgan fingerprint density at radius 2 is 2.08 bits per heavy atom. The van der Waals surface area contributed by atoms with Crippen LogP contribution in [0.2, 0.25) is 10.0 Å². The average molecular weight is 360 g/mol. The van der Waals surface area contributed by atoms with Crippen LogP contribution in [0, 0.1) is 11.3 Å². The number of nitrogens with zero attached hydrogens (tertiary/aromatic N) is 2. The highest BCUT2D eigenvalue weighted by Gasteiger charge is 2.24. The van der Waals surface area contributed by atoms with Gasteiger partial charge in [-0.15, -0.1) is 0 Å². The molecular formula is C17H11Cl2N3O2. The minimum absolute atomic E-state index is 0.295. The molecule has 0 aliphatic heterocycles. The van der Waals surface area contributed by atoms with Gasteiger partial charge >= 0.3 is 0 Å². The third kappa shape index (κ3) is 3.35. The molecule has 0 fully saturated rings. The maximum Gasteiger partial charge on any atom is 0.194 e. The summed E-state index contributed by atoms with van der Waals surface area (Å²) < 4.78 is 5.40. The summed E-state index contributed by atoms with van der Waals surface area (Å²) in [5, 5.41) is 10.1. The third-order valence-electron chi connectivity index (χ3n) is 3.40. The number of ether oxygens (including phenoxy) is 1. The number of H-pyrrole nitrogens is 1. The summed E-state index contributed by atoms with van der Waals surface area (Å²) in [5.74, 6) is -0.823. The molecule has 1 N–H and O–H groups in total. The number of ketones is 1. The van der Waals surface area contributed by atoms with Gasteiger partial charge in [-0.25, -0.2) is 4.98 Å². The molecule has 3 aromatic rings. The van der Waals surface area contributed by atoms with Crippen LogP contribution in [-0.2, 0) is 4.79 Å². The zero-order valence-corrected chi connectivity index (χ0v) is 13.8. The Balaban J connectivity index is 1.75. The van der Waals surface area contributed by atoms with Gasteiger partial charge in [0.2, 0.25) is 0 Å². The molecule has 0 saturated carbocycles. The molecule has 0 radical (unpaired) electrons. The third-order valence-corrected chi connectivity index (χ3v) is 3.93. The number of aromatic amines is 1. The number of nitriles is 1. The van der Waals surface area contributed by atoms with Crippen LogP contribution in [0.3, 0.4) is 0 Å². The molecule has 5 nitrogen and oxygen atoms in total. The fourth-order valence-electron chi connectivity index (χ4n) is 2.22. The van der Waals surface area contributed by atoms with Crippen LogP contribution in [0.4, 0.5) is 0 Å². The fourth-order valence-corrected chi connectivity index (χ4v) is 2.68. The molecule has 1 unspecified atom stereocenters. The number of para-hydroxylation sites is 2. The first-order chi connectivity index (χ1) is 11.6. The highest BCUT2D eigenvalue weighted by atomic mass is 35.5. The van der Waals surface area contributed by atoms with Crippen molar-refractivity contribution in [2.45, 2.75) is 5.92 Å². The summed E-state index contributed by atoms with van der Waals surface area (Å²) in [4.78, 5) is 19.6. The number of benzene rings is 2. The molecule has 0 aliphatic carbocycles. The molecule has 0 saturated heterocycles. The molecular weight excluding hydrogens is 349 g/mol. The number of imidazole rings is 1. The van der Waals surface area contributed by atoms with Gasteiger partial charge in [-0.05, 0) is 30.3 Å². The number of hydrogen-bond acceptors (Lipinski definition) is 4. The number of halogens is 2. The van der Waals surface area contributed by atoms with Crippen molar-refractivity contribution in [3.8, 4) is 11.8 Å². The molecule has 0 amide bonds. The van der Waals surface area contributed by atoms with Crippen molar-refractivity contribution in [2.24, 2.45) is 0 Å². The van der Waals surface area contributed by atoms with E-state index in [1.165, 1.54) is 6.07 Å². The summed E-state index contributed by atoms with van der Waals surface area (Å²) >= 11 is 11.8. The second kappa shape index (κ2) is 6.91. The number of aromatic nitrogens is 2. The largest absolute Gasteiger partial charge is 0.484 e. The van der Waals surface area contributed by atoms with E-state index >= 15 is 0 Å². The van der Waals surface area contributed by atoms with E-state index < -0.39 is 11.7 Å². The highest BCUT2D eigenvalue weighted by molar-refractivity contribution is 6.35. The number of hydrogen-bond donors (Lipinski definition) is 1. The van der Waals surface area contributed by atoms with Gasteiger partial charge in [0, 0.05) is 5.02 Å². The molecule has 0 spiro atoms. The number of rotatable bonds is 5. The average Bonchev–Trinajstić information content (AvgIpc) is 2.98. The molecule has 2 aromatic carbocycles. The van der Waals surface area contributed by atoms with Crippen LogP contribution in [0.1, 0.15) is 11.7 Å². The first kappa shape index (κ1) is 16.3. The second-order valence-electron chi connectivity index (χ2n) is 5.03. The summed E-state index contributed by atoms with van der Waals surface area (Å²) in [7, 11) is 0. The van der Waals surface area contributed by atoms with Gasteiger partial charge in [-0.2, -0.15) is 5.26 Å². The summed E-state index contributed by atoms with van der Waals surface area (Å²) in [5.41, 5.74) is 1.46. The smallest absolute Gasteiger partial charge is 0.194 e. The first-order valence-electron chi connectivity index (χ1n) is 7.03. The predicted octanol–water partition coefficient (Wildman–Crippen LogP) is 4.12. The van der Waals surface area contributed by atoms with Crippen LogP contribution in [0.5, 0.6) is 5.75 Å². The fraction of sp³-hybridized carbons (Fsp3) is 0.118. The van der Waals surface area contributed by atoms with E-state index in [0.717, 1.165) is 5.52 Å². The van der Waals surface area contributed by atoms with Crippen LogP contribution in [0.25, 0.3) is 11.0 Å². The summed E-state index contributed by atoms with van der Waals surface area (Å²) in [6.45, 7) is -0.295. The maximum absolute atomic E-state index is 12.3. The Morgan fingerprint density at radius 1 is 1.29 bits per heavy atom. The lowest BCUT2D eigenvalue weighted by Gasteiger charge is -2.09. The van der Waals surface area contributed by atoms with E-state index in [2.05, 4.69) is 9.97 Å². The van der Waals surface area contributed by atoms with Crippen molar-refractivity contribution in [1.29, 1.82) is 5.26 Å². The molecule has 3 rings (SSSR count). The van der Waals surface area contributed by atoms with Crippen LogP contribution < -0.4 is 4.74 Å². The van der Waals surface area contributed by atoms with Crippen molar-refractivity contribution < 1.29 is 9.53 Å². The maximum atomic E-state index is 12.3. The normalized spacial score (nSPS) is 11.9. The summed E-state index contributed by atoms with van der Waals surface area (Å²) in [6.07, 6.45) is 0. The van der Waals surface area contributed by atoms with Crippen molar-refractivity contribution in [3.63, 3.8) is 0 Å². The zero-order chi connectivity index (χ0) is 17.1. The minimum atomic E-state index is -1.04. The van der Waals surface area contributed by atoms with E-state index in [4.69, 9.17) is 27.9 Å². The minimum Gasteiger partial charge on any atom is -0.484 e. The zero-order valence-electron chi connectivity index (χ0n) is 12.3. The first-order valence-corrected chi connectivity index (χ1v) is 7.79. The number of fused-ring (bicyclic) bond motifs is 1. The topological polar surface area (TPSA) is 78.8 Å². The Kier molecular flexibility index (Phi) is 4.70. The van der Waals surface area contributed by atoms with Gasteiger partial charge in [0.15, 0.2) is 11.7 Å². The lowest BCUT2D eigenvalue weighted by Crippen LogP contribution is -2.20. The van der Waals surface area contributed by atoms with E-state index in [1.54, 1.807) is 18.2 Å². The van der Waals surface area contributed by atoms with Gasteiger partial charge < -0.3 is 9.72 Å². The Morgan fingerprint density at radius 3 is 2.79 bits per heavy atom.